The summed E-state index contributed by atoms with van der Waals surface area (Å²) in [5, 5.41) is 0. The summed E-state index contributed by atoms with van der Waals surface area (Å²) in [5.41, 5.74) is 0. The molecule has 1 unspecified atom stereocenters. The Balaban J connectivity index is 3.72. The van der Waals surface area contributed by atoms with Crippen LogP contribution in [0.15, 0.2) is 0 Å². The third-order valence-electron chi connectivity index (χ3n) is 0.422. The lowest BCUT2D eigenvalue weighted by Crippen LogP contribution is -2.10. The number of hydrogen-bond acceptors (Lipinski definition) is 0. The van der Waals surface area contributed by atoms with Crippen molar-refractivity contribution in [3.05, 3.63) is 0 Å². The van der Waals surface area contributed by atoms with Crippen LogP contribution >= 0.6 is 22.6 Å². The molecule has 0 aromatic carbocycles. The number of halogens is 1. The zero-order valence-electron chi connectivity index (χ0n) is 4.88. The minimum atomic E-state index is 0.159. The summed E-state index contributed by atoms with van der Waals surface area (Å²) in [6, 6.07) is 0. The molecule has 0 aliphatic heterocycles. The van der Waals surface area contributed by atoms with Crippen molar-refractivity contribution in [2.24, 2.45) is 0 Å². The van der Waals surface area contributed by atoms with Crippen molar-refractivity contribution in [2.75, 3.05) is 0 Å². The molecule has 7 heavy (non-hydrogen) atoms. The molecular weight excluding hydrogens is 198 g/mol. The molecule has 0 nitrogen and oxygen atoms in total. The molecule has 0 aromatic heterocycles. The highest BCUT2D eigenvalue weighted by molar-refractivity contribution is 14.1. The Bertz CT molecular complexity index is 101. The van der Waals surface area contributed by atoms with E-state index >= 15 is 0 Å². The zero-order valence-corrected chi connectivity index (χ0v) is 7.04. The third kappa shape index (κ3) is 6.35. The molecule has 0 fully saturated rings. The van der Waals surface area contributed by atoms with Gasteiger partial charge in [0.15, 0.2) is 0 Å². The van der Waals surface area contributed by atoms with E-state index in [0.717, 1.165) is 0 Å². The molecule has 0 aliphatic carbocycles. The van der Waals surface area contributed by atoms with Crippen LogP contribution in [0.4, 0.5) is 0 Å². The van der Waals surface area contributed by atoms with Crippen LogP contribution in [-0.2, 0) is 0 Å². The Kier molecular flexibility index (Phi) is 2.74. The third-order valence-corrected chi connectivity index (χ3v) is 0.692. The van der Waals surface area contributed by atoms with Gasteiger partial charge < -0.3 is 0 Å². The lowest BCUT2D eigenvalue weighted by Gasteiger charge is -2.02. The molecule has 0 amide bonds. The van der Waals surface area contributed by atoms with Gasteiger partial charge in [-0.25, -0.2) is 0 Å². The Morgan fingerprint density at radius 2 is 2.14 bits per heavy atom. The van der Waals surface area contributed by atoms with Gasteiger partial charge >= 0.3 is 0 Å². The molecule has 0 aromatic rings. The first-order chi connectivity index (χ1) is 3.06. The highest BCUT2D eigenvalue weighted by atomic mass is 127. The van der Waals surface area contributed by atoms with E-state index in [1.807, 2.05) is 6.92 Å². The van der Waals surface area contributed by atoms with E-state index in [4.69, 9.17) is 0 Å². The molecule has 0 radical (unpaired) electrons. The van der Waals surface area contributed by atoms with Crippen LogP contribution < -0.4 is 0 Å². The summed E-state index contributed by atoms with van der Waals surface area (Å²) >= 11 is 2.30. The van der Waals surface area contributed by atoms with Gasteiger partial charge in [-0.1, -0.05) is 28.5 Å². The molecule has 0 rings (SSSR count). The molecule has 0 saturated carbocycles. The van der Waals surface area contributed by atoms with Gasteiger partial charge in [-0.15, -0.1) is 5.92 Å². The average Bonchev–Trinajstić information content (AvgIpc) is 1.30. The number of hydrogen-bond donors (Lipinski definition) is 0. The molecular formula is C5H8BI. The van der Waals surface area contributed by atoms with E-state index in [-0.39, 0.29) is 3.32 Å². The van der Waals surface area contributed by atoms with Gasteiger partial charge in [0.05, 0.1) is 0 Å². The minimum absolute atomic E-state index is 0.159. The van der Waals surface area contributed by atoms with Crippen LogP contribution in [0.1, 0.15) is 13.8 Å². The van der Waals surface area contributed by atoms with E-state index < -0.39 is 0 Å². The standard InChI is InChI=1S/C5H8BI/c1-3-4-5(2,6)7/h6H2,1-2H3. The predicted octanol–water partition coefficient (Wildman–Crippen LogP) is 0.794. The van der Waals surface area contributed by atoms with Crippen LogP contribution in [0.5, 0.6) is 0 Å². The quantitative estimate of drug-likeness (QED) is 0.238. The largest absolute Gasteiger partial charge is 0.137 e. The predicted molar refractivity (Wildman–Crippen MR) is 44.4 cm³/mol. The van der Waals surface area contributed by atoms with E-state index in [9.17, 15) is 0 Å². The molecule has 0 N–H and O–H groups in total. The Morgan fingerprint density at radius 1 is 1.71 bits per heavy atom. The van der Waals surface area contributed by atoms with Crippen molar-refractivity contribution in [1.29, 1.82) is 0 Å². The van der Waals surface area contributed by atoms with E-state index in [1.54, 1.807) is 0 Å². The smallest absolute Gasteiger partial charge is 0.106 e. The van der Waals surface area contributed by atoms with Crippen molar-refractivity contribution < 1.29 is 0 Å². The van der Waals surface area contributed by atoms with Crippen LogP contribution in [0, 0.1) is 11.8 Å². The lowest BCUT2D eigenvalue weighted by atomic mass is 9.90. The van der Waals surface area contributed by atoms with Gasteiger partial charge in [-0.2, -0.15) is 0 Å². The minimum Gasteiger partial charge on any atom is -0.106 e. The van der Waals surface area contributed by atoms with Gasteiger partial charge in [-0.05, 0) is 13.8 Å². The highest BCUT2D eigenvalue weighted by Gasteiger charge is 2.04. The van der Waals surface area contributed by atoms with E-state index in [2.05, 4.69) is 49.2 Å². The molecule has 0 spiro atoms. The van der Waals surface area contributed by atoms with Gasteiger partial charge in [0, 0.05) is 3.32 Å². The Labute approximate surface area is 59.6 Å². The maximum atomic E-state index is 3.02. The second-order valence-electron chi connectivity index (χ2n) is 1.85. The molecule has 0 heterocycles. The van der Waals surface area contributed by atoms with Crippen molar-refractivity contribution in [3.8, 4) is 11.8 Å². The molecule has 2 heteroatoms. The monoisotopic (exact) mass is 206 g/mol. The van der Waals surface area contributed by atoms with Crippen molar-refractivity contribution in [1.82, 2.24) is 0 Å². The van der Waals surface area contributed by atoms with E-state index in [1.165, 1.54) is 0 Å². The summed E-state index contributed by atoms with van der Waals surface area (Å²) in [6.45, 7) is 3.95. The summed E-state index contributed by atoms with van der Waals surface area (Å²) in [4.78, 5) is 0. The van der Waals surface area contributed by atoms with Crippen LogP contribution in [0.3, 0.4) is 0 Å². The highest BCUT2D eigenvalue weighted by Crippen LogP contribution is 2.09. The fraction of sp³-hybridized carbons (Fsp3) is 0.600. The second-order valence-corrected chi connectivity index (χ2v) is 4.54. The van der Waals surface area contributed by atoms with Gasteiger partial charge in [0.25, 0.3) is 0 Å². The van der Waals surface area contributed by atoms with Crippen molar-refractivity contribution in [3.63, 3.8) is 0 Å². The van der Waals surface area contributed by atoms with Crippen molar-refractivity contribution >= 4 is 30.4 Å². The SMILES string of the molecule is BC(C)(I)C#CC. The van der Waals surface area contributed by atoms with Crippen LogP contribution in [0.2, 0.25) is 0 Å². The first kappa shape index (κ1) is 7.35. The molecule has 1 atom stereocenters. The lowest BCUT2D eigenvalue weighted by molar-refractivity contribution is 1.24. The average molecular weight is 206 g/mol. The van der Waals surface area contributed by atoms with Gasteiger partial charge in [0.1, 0.15) is 7.85 Å². The summed E-state index contributed by atoms with van der Waals surface area (Å²) in [6.07, 6.45) is 0. The number of rotatable bonds is 0. The number of alkyl halides is 1. The Morgan fingerprint density at radius 3 is 2.14 bits per heavy atom. The van der Waals surface area contributed by atoms with Crippen molar-refractivity contribution in [2.45, 2.75) is 17.2 Å². The first-order valence-electron chi connectivity index (χ1n) is 2.19. The molecule has 0 aliphatic rings. The normalized spacial score (nSPS) is 16.4. The first-order valence-corrected chi connectivity index (χ1v) is 3.27. The molecule has 0 bridgehead atoms. The summed E-state index contributed by atoms with van der Waals surface area (Å²) < 4.78 is 0.159. The second kappa shape index (κ2) is 2.61. The maximum absolute atomic E-state index is 3.02. The van der Waals surface area contributed by atoms with Crippen LogP contribution in [-0.4, -0.2) is 11.2 Å². The summed E-state index contributed by atoms with van der Waals surface area (Å²) in [7, 11) is 2.09. The topological polar surface area (TPSA) is 0 Å². The van der Waals surface area contributed by atoms with Gasteiger partial charge in [-0.3, -0.25) is 0 Å². The zero-order chi connectivity index (χ0) is 5.91. The fourth-order valence-electron chi connectivity index (χ4n) is 0.297. The van der Waals surface area contributed by atoms with E-state index in [0.29, 0.717) is 0 Å². The van der Waals surface area contributed by atoms with Crippen LogP contribution in [0.25, 0.3) is 0 Å². The van der Waals surface area contributed by atoms with Gasteiger partial charge in [0.2, 0.25) is 0 Å². The summed E-state index contributed by atoms with van der Waals surface area (Å²) in [5.74, 6) is 5.87. The maximum Gasteiger partial charge on any atom is 0.137 e. The fourth-order valence-corrected chi connectivity index (χ4v) is 0.567. The molecule has 0 saturated heterocycles. The molecule has 38 valence electrons. The Hall–Kier alpha value is 0.355.